The van der Waals surface area contributed by atoms with Gasteiger partial charge in [-0.2, -0.15) is 0 Å². The van der Waals surface area contributed by atoms with Crippen LogP contribution in [0.2, 0.25) is 0 Å². The van der Waals surface area contributed by atoms with E-state index < -0.39 is 5.60 Å². The van der Waals surface area contributed by atoms with Gasteiger partial charge in [0.1, 0.15) is 0 Å². The van der Waals surface area contributed by atoms with Crippen LogP contribution in [0.15, 0.2) is 0 Å². The largest absolute Gasteiger partial charge is 0.465 e. The van der Waals surface area contributed by atoms with Gasteiger partial charge in [0.2, 0.25) is 0 Å². The topological polar surface area (TPSA) is 46.5 Å². The molecule has 1 fully saturated rings. The number of carbonyl (C=O) groups excluding carboxylic acids is 1. The summed E-state index contributed by atoms with van der Waals surface area (Å²) in [5.74, 6) is -0.264. The summed E-state index contributed by atoms with van der Waals surface area (Å²) in [5.41, 5.74) is -0.772. The first-order valence-corrected chi connectivity index (χ1v) is 4.54. The second kappa shape index (κ2) is 3.90. The Hall–Kier alpha value is -0.570. The molecule has 1 aliphatic rings. The predicted molar refractivity (Wildman–Crippen MR) is 44.7 cm³/mol. The molecular weight excluding hydrogens is 156 g/mol. The van der Waals surface area contributed by atoms with Crippen molar-refractivity contribution in [2.24, 2.45) is 0 Å². The molecule has 70 valence electrons. The van der Waals surface area contributed by atoms with E-state index in [-0.39, 0.29) is 12.4 Å². The maximum Gasteiger partial charge on any atom is 0.308 e. The zero-order valence-electron chi connectivity index (χ0n) is 7.51. The smallest absolute Gasteiger partial charge is 0.308 e. The maximum atomic E-state index is 10.9. The fourth-order valence-electron chi connectivity index (χ4n) is 1.48. The normalized spacial score (nSPS) is 30.0. The van der Waals surface area contributed by atoms with Crippen LogP contribution in [0.5, 0.6) is 0 Å². The minimum atomic E-state index is -0.772. The first-order valence-electron chi connectivity index (χ1n) is 4.54. The van der Waals surface area contributed by atoms with Gasteiger partial charge in [0.15, 0.2) is 0 Å². The second-order valence-corrected chi connectivity index (χ2v) is 3.48. The Balaban J connectivity index is 2.40. The predicted octanol–water partition coefficient (Wildman–Crippen LogP) is 1.24. The number of carbonyl (C=O) groups is 1. The molecule has 3 nitrogen and oxygen atoms in total. The standard InChI is InChI=1S/C9H16O3/c1-2-3-4-9(11)5-6-12-8(10)7-9/h11H,2-7H2,1H3. The van der Waals surface area contributed by atoms with Crippen molar-refractivity contribution in [2.45, 2.75) is 44.6 Å². The van der Waals surface area contributed by atoms with E-state index in [0.717, 1.165) is 19.3 Å². The second-order valence-electron chi connectivity index (χ2n) is 3.48. The summed E-state index contributed by atoms with van der Waals surface area (Å²) in [6.07, 6.45) is 3.52. The third kappa shape index (κ3) is 2.48. The summed E-state index contributed by atoms with van der Waals surface area (Å²) in [5, 5.41) is 9.87. The van der Waals surface area contributed by atoms with E-state index in [4.69, 9.17) is 4.74 Å². The van der Waals surface area contributed by atoms with Gasteiger partial charge in [-0.3, -0.25) is 4.79 Å². The number of rotatable bonds is 3. The van der Waals surface area contributed by atoms with Crippen LogP contribution < -0.4 is 0 Å². The van der Waals surface area contributed by atoms with Gasteiger partial charge in [-0.1, -0.05) is 19.8 Å². The first-order chi connectivity index (χ1) is 5.66. The monoisotopic (exact) mass is 172 g/mol. The molecule has 0 aromatic rings. The Labute approximate surface area is 72.7 Å². The molecule has 1 rings (SSSR count). The SMILES string of the molecule is CCCCC1(O)CCOC(=O)C1. The Morgan fingerprint density at radius 2 is 2.42 bits per heavy atom. The van der Waals surface area contributed by atoms with Crippen LogP contribution in [0.3, 0.4) is 0 Å². The number of cyclic esters (lactones) is 1. The van der Waals surface area contributed by atoms with E-state index in [2.05, 4.69) is 6.92 Å². The number of hydrogen-bond donors (Lipinski definition) is 1. The minimum Gasteiger partial charge on any atom is -0.465 e. The summed E-state index contributed by atoms with van der Waals surface area (Å²) < 4.78 is 4.75. The Kier molecular flexibility index (Phi) is 3.09. The van der Waals surface area contributed by atoms with Crippen molar-refractivity contribution in [3.63, 3.8) is 0 Å². The lowest BCUT2D eigenvalue weighted by Gasteiger charge is -2.30. The average Bonchev–Trinajstić information content (AvgIpc) is 2.01. The van der Waals surface area contributed by atoms with Crippen LogP contribution in [0.1, 0.15) is 39.0 Å². The molecule has 0 spiro atoms. The van der Waals surface area contributed by atoms with Crippen molar-refractivity contribution in [3.05, 3.63) is 0 Å². The molecule has 0 aromatic carbocycles. The fourth-order valence-corrected chi connectivity index (χ4v) is 1.48. The Morgan fingerprint density at radius 3 is 3.00 bits per heavy atom. The lowest BCUT2D eigenvalue weighted by atomic mass is 9.89. The molecule has 1 atom stereocenters. The quantitative estimate of drug-likeness (QED) is 0.651. The van der Waals surface area contributed by atoms with Crippen LogP contribution in [0, 0.1) is 0 Å². The van der Waals surface area contributed by atoms with E-state index in [1.807, 2.05) is 0 Å². The highest BCUT2D eigenvalue weighted by Gasteiger charge is 2.33. The van der Waals surface area contributed by atoms with Crippen molar-refractivity contribution in [2.75, 3.05) is 6.61 Å². The van der Waals surface area contributed by atoms with Crippen LogP contribution in [-0.2, 0) is 9.53 Å². The van der Waals surface area contributed by atoms with Crippen LogP contribution >= 0.6 is 0 Å². The lowest BCUT2D eigenvalue weighted by molar-refractivity contribution is -0.160. The van der Waals surface area contributed by atoms with Gasteiger partial charge < -0.3 is 9.84 Å². The average molecular weight is 172 g/mol. The van der Waals surface area contributed by atoms with E-state index in [9.17, 15) is 9.90 Å². The third-order valence-electron chi connectivity index (χ3n) is 2.30. The van der Waals surface area contributed by atoms with Gasteiger partial charge in [0, 0.05) is 6.42 Å². The van der Waals surface area contributed by atoms with Gasteiger partial charge in [-0.25, -0.2) is 0 Å². The highest BCUT2D eigenvalue weighted by Crippen LogP contribution is 2.26. The fraction of sp³-hybridized carbons (Fsp3) is 0.889. The molecule has 1 unspecified atom stereocenters. The molecule has 1 aliphatic heterocycles. The molecule has 1 N–H and O–H groups in total. The molecule has 0 saturated carbocycles. The summed E-state index contributed by atoms with van der Waals surface area (Å²) in [6.45, 7) is 2.45. The number of ether oxygens (including phenoxy) is 1. The highest BCUT2D eigenvalue weighted by molar-refractivity contribution is 5.71. The maximum absolute atomic E-state index is 10.9. The van der Waals surface area contributed by atoms with E-state index >= 15 is 0 Å². The third-order valence-corrected chi connectivity index (χ3v) is 2.30. The highest BCUT2D eigenvalue weighted by atomic mass is 16.5. The van der Waals surface area contributed by atoms with Crippen LogP contribution in [0.4, 0.5) is 0 Å². The van der Waals surface area contributed by atoms with Crippen molar-refractivity contribution >= 4 is 5.97 Å². The number of aliphatic hydroxyl groups is 1. The molecule has 12 heavy (non-hydrogen) atoms. The number of esters is 1. The summed E-state index contributed by atoms with van der Waals surface area (Å²) in [7, 11) is 0. The van der Waals surface area contributed by atoms with Gasteiger partial charge in [-0.05, 0) is 6.42 Å². The minimum absolute atomic E-state index is 0.174. The first kappa shape index (κ1) is 9.52. The van der Waals surface area contributed by atoms with Gasteiger partial charge in [-0.15, -0.1) is 0 Å². The van der Waals surface area contributed by atoms with Crippen molar-refractivity contribution in [1.29, 1.82) is 0 Å². The van der Waals surface area contributed by atoms with Gasteiger partial charge >= 0.3 is 5.97 Å². The Bertz CT molecular complexity index is 167. The summed E-state index contributed by atoms with van der Waals surface area (Å²) in [6, 6.07) is 0. The van der Waals surface area contributed by atoms with E-state index in [0.29, 0.717) is 13.0 Å². The van der Waals surface area contributed by atoms with Crippen molar-refractivity contribution in [1.82, 2.24) is 0 Å². The Morgan fingerprint density at radius 1 is 1.67 bits per heavy atom. The molecule has 0 bridgehead atoms. The van der Waals surface area contributed by atoms with Crippen molar-refractivity contribution in [3.8, 4) is 0 Å². The van der Waals surface area contributed by atoms with E-state index in [1.165, 1.54) is 0 Å². The summed E-state index contributed by atoms with van der Waals surface area (Å²) >= 11 is 0. The molecule has 0 amide bonds. The van der Waals surface area contributed by atoms with Crippen molar-refractivity contribution < 1.29 is 14.6 Å². The zero-order chi connectivity index (χ0) is 9.03. The molecule has 0 aromatic heterocycles. The molecule has 0 aliphatic carbocycles. The summed E-state index contributed by atoms with van der Waals surface area (Å²) in [4.78, 5) is 10.9. The number of unbranched alkanes of at least 4 members (excludes halogenated alkanes) is 1. The van der Waals surface area contributed by atoms with E-state index in [1.54, 1.807) is 0 Å². The van der Waals surface area contributed by atoms with Gasteiger partial charge in [0.05, 0.1) is 18.6 Å². The molecular formula is C9H16O3. The molecule has 1 heterocycles. The van der Waals surface area contributed by atoms with Crippen LogP contribution in [-0.4, -0.2) is 23.3 Å². The lowest BCUT2D eigenvalue weighted by Crippen LogP contribution is -2.38. The van der Waals surface area contributed by atoms with Gasteiger partial charge in [0.25, 0.3) is 0 Å². The number of hydrogen-bond acceptors (Lipinski definition) is 3. The van der Waals surface area contributed by atoms with Crippen LogP contribution in [0.25, 0.3) is 0 Å². The zero-order valence-corrected chi connectivity index (χ0v) is 7.51. The molecule has 1 saturated heterocycles. The molecule has 3 heteroatoms. The molecule has 0 radical (unpaired) electrons.